The summed E-state index contributed by atoms with van der Waals surface area (Å²) in [7, 11) is 1.31. The summed E-state index contributed by atoms with van der Waals surface area (Å²) in [5, 5.41) is 7.40. The molecule has 0 radical (unpaired) electrons. The Balaban J connectivity index is 1.95. The third kappa shape index (κ3) is 5.96. The van der Waals surface area contributed by atoms with Crippen molar-refractivity contribution in [1.82, 2.24) is 10.6 Å². The molecule has 2 aromatic carbocycles. The van der Waals surface area contributed by atoms with Crippen LogP contribution in [0.4, 0.5) is 23.7 Å². The zero-order valence-electron chi connectivity index (χ0n) is 18.2. The molecule has 0 unspecified atom stereocenters. The number of anilines is 1. The summed E-state index contributed by atoms with van der Waals surface area (Å²) in [6, 6.07) is 5.23. The van der Waals surface area contributed by atoms with Crippen LogP contribution in [0.2, 0.25) is 5.02 Å². The zero-order chi connectivity index (χ0) is 25.9. The van der Waals surface area contributed by atoms with Gasteiger partial charge in [-0.3, -0.25) is 9.59 Å². The topological polar surface area (TPSA) is 132 Å². The van der Waals surface area contributed by atoms with Crippen molar-refractivity contribution in [3.63, 3.8) is 0 Å². The van der Waals surface area contributed by atoms with Crippen molar-refractivity contribution in [2.24, 2.45) is 11.7 Å². The molecule has 0 spiro atoms. The first kappa shape index (κ1) is 25.7. The van der Waals surface area contributed by atoms with Crippen molar-refractivity contribution in [1.29, 1.82) is 0 Å². The van der Waals surface area contributed by atoms with E-state index in [9.17, 15) is 27.6 Å². The maximum Gasteiger partial charge on any atom is 0.416 e. The molecule has 0 aliphatic carbocycles. The molecule has 1 aliphatic heterocycles. The van der Waals surface area contributed by atoms with Gasteiger partial charge >= 0.3 is 12.2 Å². The van der Waals surface area contributed by atoms with Crippen LogP contribution in [0.1, 0.15) is 17.2 Å². The standard InChI is InChI=1S/C22H20ClF3N4O5/c1-10-17(20(32)29-13-5-3-4-12(8-13)22(24,25)26)18(30-21(33)28-10)11-6-14(23)19(15(7-11)34-2)35-9-16(27)31/h3-8,17-18H,1,9H2,2H3,(H2,27,31)(H,29,32)(H2,28,30,33)/t17-,18+/m1/s1. The maximum absolute atomic E-state index is 13.1. The molecule has 13 heteroatoms. The van der Waals surface area contributed by atoms with Gasteiger partial charge in [-0.15, -0.1) is 0 Å². The number of halogens is 4. The largest absolute Gasteiger partial charge is 0.493 e. The molecular formula is C22H20ClF3N4O5. The molecule has 35 heavy (non-hydrogen) atoms. The number of nitrogens with one attached hydrogen (secondary N) is 3. The van der Waals surface area contributed by atoms with Gasteiger partial charge in [-0.25, -0.2) is 4.79 Å². The van der Waals surface area contributed by atoms with Gasteiger partial charge in [-0.1, -0.05) is 24.2 Å². The molecule has 1 fully saturated rings. The molecule has 0 aromatic heterocycles. The van der Waals surface area contributed by atoms with Gasteiger partial charge in [0.1, 0.15) is 5.92 Å². The molecule has 0 saturated carbocycles. The lowest BCUT2D eigenvalue weighted by molar-refractivity contribution is -0.137. The summed E-state index contributed by atoms with van der Waals surface area (Å²) >= 11 is 6.29. The van der Waals surface area contributed by atoms with Crippen LogP contribution in [0.3, 0.4) is 0 Å². The van der Waals surface area contributed by atoms with Crippen molar-refractivity contribution >= 4 is 35.1 Å². The molecule has 1 heterocycles. The molecule has 5 N–H and O–H groups in total. The molecule has 3 rings (SSSR count). The van der Waals surface area contributed by atoms with Crippen LogP contribution in [0.5, 0.6) is 11.5 Å². The number of hydrogen-bond donors (Lipinski definition) is 4. The van der Waals surface area contributed by atoms with Crippen LogP contribution in [-0.2, 0) is 15.8 Å². The fourth-order valence-electron chi connectivity index (χ4n) is 3.47. The molecule has 1 saturated heterocycles. The third-order valence-corrected chi connectivity index (χ3v) is 5.26. The number of methoxy groups -OCH3 is 1. The number of primary amides is 1. The monoisotopic (exact) mass is 512 g/mol. The number of carbonyl (C=O) groups is 3. The molecular weight excluding hydrogens is 493 g/mol. The van der Waals surface area contributed by atoms with Crippen molar-refractivity contribution in [3.05, 3.63) is 64.8 Å². The second-order valence-electron chi connectivity index (χ2n) is 7.44. The molecule has 0 bridgehead atoms. The van der Waals surface area contributed by atoms with Crippen LogP contribution in [-0.4, -0.2) is 31.6 Å². The van der Waals surface area contributed by atoms with Gasteiger partial charge in [0, 0.05) is 11.4 Å². The van der Waals surface area contributed by atoms with Crippen LogP contribution in [0.25, 0.3) is 0 Å². The van der Waals surface area contributed by atoms with E-state index < -0.39 is 48.2 Å². The van der Waals surface area contributed by atoms with Gasteiger partial charge in [-0.05, 0) is 35.9 Å². The Labute approximate surface area is 202 Å². The SMILES string of the molecule is C=C1NC(=O)N[C@@H](c2cc(Cl)c(OCC(N)=O)c(OC)c2)[C@@H]1C(=O)Nc1cccc(C(F)(F)F)c1. The predicted molar refractivity (Wildman–Crippen MR) is 120 cm³/mol. The Morgan fingerprint density at radius 2 is 1.97 bits per heavy atom. The summed E-state index contributed by atoms with van der Waals surface area (Å²) in [5.41, 5.74) is 4.36. The fraction of sp³-hybridized carbons (Fsp3) is 0.227. The Hall–Kier alpha value is -3.93. The van der Waals surface area contributed by atoms with Gasteiger partial charge in [0.2, 0.25) is 5.91 Å². The molecule has 186 valence electrons. The van der Waals surface area contributed by atoms with E-state index in [1.54, 1.807) is 0 Å². The molecule has 2 atom stereocenters. The number of benzene rings is 2. The minimum Gasteiger partial charge on any atom is -0.493 e. The number of carbonyl (C=O) groups excluding carboxylic acids is 3. The van der Waals surface area contributed by atoms with Gasteiger partial charge in [0.25, 0.3) is 5.91 Å². The lowest BCUT2D eigenvalue weighted by atomic mass is 9.88. The van der Waals surface area contributed by atoms with Crippen LogP contribution >= 0.6 is 11.6 Å². The number of ether oxygens (including phenoxy) is 2. The second kappa shape index (κ2) is 10.1. The van der Waals surface area contributed by atoms with E-state index in [2.05, 4.69) is 22.5 Å². The Kier molecular flexibility index (Phi) is 7.44. The minimum absolute atomic E-state index is 0.00368. The Bertz CT molecular complexity index is 1190. The van der Waals surface area contributed by atoms with E-state index in [1.807, 2.05) is 0 Å². The second-order valence-corrected chi connectivity index (χ2v) is 7.84. The average molecular weight is 513 g/mol. The number of hydrogen-bond acceptors (Lipinski definition) is 5. The van der Waals surface area contributed by atoms with E-state index in [0.29, 0.717) is 5.56 Å². The first-order valence-corrected chi connectivity index (χ1v) is 10.3. The first-order chi connectivity index (χ1) is 16.4. The van der Waals surface area contributed by atoms with Gasteiger partial charge in [0.15, 0.2) is 18.1 Å². The Morgan fingerprint density at radius 1 is 1.26 bits per heavy atom. The smallest absolute Gasteiger partial charge is 0.416 e. The highest BCUT2D eigenvalue weighted by Gasteiger charge is 2.39. The average Bonchev–Trinajstić information content (AvgIpc) is 2.76. The van der Waals surface area contributed by atoms with E-state index in [1.165, 1.54) is 25.3 Å². The van der Waals surface area contributed by atoms with E-state index in [4.69, 9.17) is 26.8 Å². The highest BCUT2D eigenvalue weighted by Crippen LogP contribution is 2.41. The van der Waals surface area contributed by atoms with Gasteiger partial charge < -0.3 is 31.2 Å². The summed E-state index contributed by atoms with van der Waals surface area (Å²) < 4.78 is 49.7. The number of rotatable bonds is 7. The molecule has 4 amide bonds. The maximum atomic E-state index is 13.1. The lowest BCUT2D eigenvalue weighted by Gasteiger charge is -2.34. The number of nitrogens with two attached hydrogens (primary N) is 1. The van der Waals surface area contributed by atoms with E-state index in [-0.39, 0.29) is 27.9 Å². The third-order valence-electron chi connectivity index (χ3n) is 4.98. The highest BCUT2D eigenvalue weighted by molar-refractivity contribution is 6.32. The predicted octanol–water partition coefficient (Wildman–Crippen LogP) is 3.35. The summed E-state index contributed by atoms with van der Waals surface area (Å²) in [4.78, 5) is 36.3. The van der Waals surface area contributed by atoms with Crippen molar-refractivity contribution in [2.75, 3.05) is 19.0 Å². The summed E-state index contributed by atoms with van der Waals surface area (Å²) in [6.07, 6.45) is -4.60. The van der Waals surface area contributed by atoms with Crippen molar-refractivity contribution in [2.45, 2.75) is 12.2 Å². The summed E-state index contributed by atoms with van der Waals surface area (Å²) in [6.45, 7) is 3.25. The first-order valence-electron chi connectivity index (χ1n) is 9.93. The fourth-order valence-corrected chi connectivity index (χ4v) is 3.74. The lowest BCUT2D eigenvalue weighted by Crippen LogP contribution is -2.51. The quantitative estimate of drug-likeness (QED) is 0.452. The minimum atomic E-state index is -4.60. The van der Waals surface area contributed by atoms with Crippen molar-refractivity contribution in [3.8, 4) is 11.5 Å². The van der Waals surface area contributed by atoms with E-state index in [0.717, 1.165) is 18.2 Å². The molecule has 2 aromatic rings. The van der Waals surface area contributed by atoms with E-state index >= 15 is 0 Å². The van der Waals surface area contributed by atoms with Gasteiger partial charge in [0.05, 0.1) is 23.7 Å². The van der Waals surface area contributed by atoms with Crippen molar-refractivity contribution < 1.29 is 37.0 Å². The van der Waals surface area contributed by atoms with Gasteiger partial charge in [-0.2, -0.15) is 13.2 Å². The normalized spacial score (nSPS) is 17.7. The van der Waals surface area contributed by atoms with Crippen LogP contribution in [0.15, 0.2) is 48.7 Å². The number of alkyl halides is 3. The molecule has 9 nitrogen and oxygen atoms in total. The highest BCUT2D eigenvalue weighted by atomic mass is 35.5. The zero-order valence-corrected chi connectivity index (χ0v) is 18.9. The molecule has 1 aliphatic rings. The summed E-state index contributed by atoms with van der Waals surface area (Å²) in [5.74, 6) is -2.54. The van der Waals surface area contributed by atoms with Crippen LogP contribution < -0.4 is 31.2 Å². The van der Waals surface area contributed by atoms with Crippen LogP contribution in [0, 0.1) is 5.92 Å². The Morgan fingerprint density at radius 3 is 2.60 bits per heavy atom. The number of urea groups is 1. The number of amides is 4.